The van der Waals surface area contributed by atoms with E-state index in [1.54, 1.807) is 6.07 Å². The third kappa shape index (κ3) is 3.43. The molecular formula is C17H19F3N2O3. The van der Waals surface area contributed by atoms with Crippen LogP contribution in [-0.4, -0.2) is 41.3 Å². The Bertz CT molecular complexity index is 692. The summed E-state index contributed by atoms with van der Waals surface area (Å²) < 4.78 is 38.0. The predicted octanol–water partition coefficient (Wildman–Crippen LogP) is 3.51. The molecule has 1 aromatic rings. The highest BCUT2D eigenvalue weighted by Crippen LogP contribution is 2.49. The van der Waals surface area contributed by atoms with E-state index in [4.69, 9.17) is 0 Å². The average Bonchev–Trinajstić information content (AvgIpc) is 3.05. The molecule has 8 heteroatoms. The Morgan fingerprint density at radius 1 is 1.32 bits per heavy atom. The molecule has 2 N–H and O–H groups in total. The second-order valence-corrected chi connectivity index (χ2v) is 6.81. The van der Waals surface area contributed by atoms with Crippen LogP contribution >= 0.6 is 0 Å². The molecular weight excluding hydrogens is 337 g/mol. The lowest BCUT2D eigenvalue weighted by Crippen LogP contribution is -2.38. The number of amides is 2. The number of nitrogens with one attached hydrogen (secondary N) is 1. The number of hydrogen-bond acceptors (Lipinski definition) is 2. The maximum atomic E-state index is 12.7. The first-order valence-electron chi connectivity index (χ1n) is 8.15. The van der Waals surface area contributed by atoms with Crippen LogP contribution in [0.2, 0.25) is 0 Å². The summed E-state index contributed by atoms with van der Waals surface area (Å²) in [5.74, 6) is -0.996. The van der Waals surface area contributed by atoms with Crippen molar-refractivity contribution < 1.29 is 27.9 Å². The third-order valence-electron chi connectivity index (χ3n) is 5.23. The normalized spacial score (nSPS) is 25.7. The number of nitrogens with zero attached hydrogens (tertiary/aromatic N) is 1. The van der Waals surface area contributed by atoms with E-state index in [1.165, 1.54) is 23.1 Å². The number of benzene rings is 1. The molecule has 2 aliphatic rings. The second-order valence-electron chi connectivity index (χ2n) is 6.81. The maximum Gasteiger partial charge on any atom is 0.393 e. The van der Waals surface area contributed by atoms with Crippen LogP contribution in [0.25, 0.3) is 0 Å². The SMILES string of the molecule is O=C(Nc1ccccc1CC(F)(F)F)N1C[C@@H]2CCC[C@@]2(C(=O)O)C1. The molecule has 1 aromatic carbocycles. The number of para-hydroxylation sites is 1. The Labute approximate surface area is 142 Å². The number of likely N-dealkylation sites (tertiary alicyclic amines) is 1. The molecule has 0 aromatic heterocycles. The van der Waals surface area contributed by atoms with Gasteiger partial charge in [-0.05, 0) is 30.4 Å². The lowest BCUT2D eigenvalue weighted by Gasteiger charge is -2.23. The molecule has 0 unspecified atom stereocenters. The van der Waals surface area contributed by atoms with Gasteiger partial charge >= 0.3 is 18.2 Å². The first-order valence-corrected chi connectivity index (χ1v) is 8.15. The number of urea groups is 1. The Morgan fingerprint density at radius 2 is 2.04 bits per heavy atom. The molecule has 25 heavy (non-hydrogen) atoms. The van der Waals surface area contributed by atoms with Crippen LogP contribution in [0.1, 0.15) is 24.8 Å². The fraction of sp³-hybridized carbons (Fsp3) is 0.529. The molecule has 2 atom stereocenters. The first kappa shape index (κ1) is 17.6. The van der Waals surface area contributed by atoms with Gasteiger partial charge in [0.05, 0.1) is 11.8 Å². The van der Waals surface area contributed by atoms with Gasteiger partial charge < -0.3 is 15.3 Å². The topological polar surface area (TPSA) is 69.6 Å². The van der Waals surface area contributed by atoms with Gasteiger partial charge in [0.1, 0.15) is 0 Å². The van der Waals surface area contributed by atoms with Crippen molar-refractivity contribution in [1.29, 1.82) is 0 Å². The molecule has 1 heterocycles. The number of aliphatic carboxylic acids is 1. The van der Waals surface area contributed by atoms with Crippen molar-refractivity contribution in [3.63, 3.8) is 0 Å². The Balaban J connectivity index is 1.73. The molecule has 1 aliphatic carbocycles. The van der Waals surface area contributed by atoms with E-state index in [2.05, 4.69) is 5.32 Å². The molecule has 2 fully saturated rings. The monoisotopic (exact) mass is 356 g/mol. The molecule has 1 saturated carbocycles. The number of anilines is 1. The van der Waals surface area contributed by atoms with Gasteiger partial charge in [0.25, 0.3) is 0 Å². The summed E-state index contributed by atoms with van der Waals surface area (Å²) in [7, 11) is 0. The summed E-state index contributed by atoms with van der Waals surface area (Å²) in [6.07, 6.45) is -3.41. The average molecular weight is 356 g/mol. The van der Waals surface area contributed by atoms with Crippen molar-refractivity contribution in [3.05, 3.63) is 29.8 Å². The van der Waals surface area contributed by atoms with Crippen molar-refractivity contribution in [1.82, 2.24) is 4.90 Å². The lowest BCUT2D eigenvalue weighted by atomic mass is 9.81. The van der Waals surface area contributed by atoms with Crippen molar-refractivity contribution in [2.45, 2.75) is 31.9 Å². The summed E-state index contributed by atoms with van der Waals surface area (Å²) in [5.41, 5.74) is -0.829. The van der Waals surface area contributed by atoms with Crippen molar-refractivity contribution >= 4 is 17.7 Å². The molecule has 1 saturated heterocycles. The molecule has 0 bridgehead atoms. The minimum Gasteiger partial charge on any atom is -0.481 e. The van der Waals surface area contributed by atoms with E-state index in [0.717, 1.165) is 12.8 Å². The van der Waals surface area contributed by atoms with Crippen molar-refractivity contribution in [2.24, 2.45) is 11.3 Å². The van der Waals surface area contributed by atoms with E-state index < -0.39 is 30.0 Å². The van der Waals surface area contributed by atoms with Gasteiger partial charge in [-0.3, -0.25) is 4.79 Å². The fourth-order valence-electron chi connectivity index (χ4n) is 4.00. The standard InChI is InChI=1S/C17H19F3N2O3/c18-17(19,20)8-11-4-1-2-6-13(11)21-15(25)22-9-12-5-3-7-16(12,10-22)14(23)24/h1-2,4,6,12H,3,5,7-10H2,(H,21,25)(H,23,24)/t12-,16+/m0/s1. The van der Waals surface area contributed by atoms with Gasteiger partial charge in [-0.2, -0.15) is 13.2 Å². The van der Waals surface area contributed by atoms with Gasteiger partial charge in [-0.25, -0.2) is 4.79 Å². The van der Waals surface area contributed by atoms with Gasteiger partial charge in [-0.15, -0.1) is 0 Å². The molecule has 136 valence electrons. The van der Waals surface area contributed by atoms with Crippen LogP contribution in [0, 0.1) is 11.3 Å². The van der Waals surface area contributed by atoms with Crippen LogP contribution in [0.5, 0.6) is 0 Å². The zero-order valence-electron chi connectivity index (χ0n) is 13.5. The smallest absolute Gasteiger partial charge is 0.393 e. The fourth-order valence-corrected chi connectivity index (χ4v) is 4.00. The number of rotatable bonds is 3. The van der Waals surface area contributed by atoms with Crippen molar-refractivity contribution in [3.8, 4) is 0 Å². The second kappa shape index (κ2) is 6.24. The van der Waals surface area contributed by atoms with E-state index in [1.807, 2.05) is 0 Å². The molecule has 2 amide bonds. The van der Waals surface area contributed by atoms with Gasteiger partial charge in [0, 0.05) is 18.8 Å². The number of carbonyl (C=O) groups is 2. The number of alkyl halides is 3. The minimum atomic E-state index is -4.38. The highest BCUT2D eigenvalue weighted by Gasteiger charge is 2.55. The van der Waals surface area contributed by atoms with Crippen LogP contribution < -0.4 is 5.32 Å². The minimum absolute atomic E-state index is 0.0179. The number of carbonyl (C=O) groups excluding carboxylic acids is 1. The van der Waals surface area contributed by atoms with E-state index in [-0.39, 0.29) is 23.7 Å². The van der Waals surface area contributed by atoms with Crippen molar-refractivity contribution in [2.75, 3.05) is 18.4 Å². The molecule has 1 aliphatic heterocycles. The number of fused-ring (bicyclic) bond motifs is 1. The molecule has 3 rings (SSSR count). The Morgan fingerprint density at radius 3 is 2.68 bits per heavy atom. The quantitative estimate of drug-likeness (QED) is 0.871. The predicted molar refractivity (Wildman–Crippen MR) is 84.2 cm³/mol. The highest BCUT2D eigenvalue weighted by molar-refractivity contribution is 5.91. The summed E-state index contributed by atoms with van der Waals surface area (Å²) in [4.78, 5) is 25.5. The first-order chi connectivity index (χ1) is 11.7. The highest BCUT2D eigenvalue weighted by atomic mass is 19.4. The lowest BCUT2D eigenvalue weighted by molar-refractivity contribution is -0.149. The van der Waals surface area contributed by atoms with E-state index in [0.29, 0.717) is 13.0 Å². The third-order valence-corrected chi connectivity index (χ3v) is 5.23. The maximum absolute atomic E-state index is 12.7. The molecule has 0 radical (unpaired) electrons. The zero-order chi connectivity index (χ0) is 18.2. The summed E-state index contributed by atoms with van der Waals surface area (Å²) in [5, 5.41) is 12.1. The summed E-state index contributed by atoms with van der Waals surface area (Å²) >= 11 is 0. The largest absolute Gasteiger partial charge is 0.481 e. The molecule has 0 spiro atoms. The summed E-state index contributed by atoms with van der Waals surface area (Å²) in [6.45, 7) is 0.417. The van der Waals surface area contributed by atoms with Crippen LogP contribution in [0.15, 0.2) is 24.3 Å². The van der Waals surface area contributed by atoms with Crippen LogP contribution in [0.3, 0.4) is 0 Å². The van der Waals surface area contributed by atoms with Gasteiger partial charge in [0.2, 0.25) is 0 Å². The Kier molecular flexibility index (Phi) is 4.38. The Hall–Kier alpha value is -2.25. The van der Waals surface area contributed by atoms with Gasteiger partial charge in [-0.1, -0.05) is 24.6 Å². The number of carboxylic acid groups (broad SMARTS) is 1. The number of halogens is 3. The summed E-state index contributed by atoms with van der Waals surface area (Å²) in [6, 6.07) is 5.22. The van der Waals surface area contributed by atoms with Gasteiger partial charge in [0.15, 0.2) is 0 Å². The number of carboxylic acids is 1. The number of hydrogen-bond donors (Lipinski definition) is 2. The van der Waals surface area contributed by atoms with Crippen LogP contribution in [0.4, 0.5) is 23.7 Å². The van der Waals surface area contributed by atoms with E-state index >= 15 is 0 Å². The zero-order valence-corrected chi connectivity index (χ0v) is 13.5. The van der Waals surface area contributed by atoms with E-state index in [9.17, 15) is 27.9 Å². The van der Waals surface area contributed by atoms with Crippen LogP contribution in [-0.2, 0) is 11.2 Å². The molecule has 5 nitrogen and oxygen atoms in total.